The third kappa shape index (κ3) is 4.01. The highest BCUT2D eigenvalue weighted by Crippen LogP contribution is 2.37. The van der Waals surface area contributed by atoms with Crippen molar-refractivity contribution in [3.05, 3.63) is 146 Å². The molecule has 8 heteroatoms. The van der Waals surface area contributed by atoms with E-state index in [9.17, 15) is 0 Å². The predicted octanol–water partition coefficient (Wildman–Crippen LogP) is 8.01. The molecule has 0 fully saturated rings. The minimum absolute atomic E-state index is 0.0428. The summed E-state index contributed by atoms with van der Waals surface area (Å²) in [6, 6.07) is 51.0. The summed E-state index contributed by atoms with van der Waals surface area (Å²) in [4.78, 5) is 20.7. The molecule has 6 aromatic carbocycles. The zero-order valence-electron chi connectivity index (χ0n) is 27.1. The number of fused-ring (bicyclic) bond motifs is 7. The summed E-state index contributed by atoms with van der Waals surface area (Å²) in [7, 11) is 4.31. The molecule has 7 nitrogen and oxygen atoms in total. The Kier molecular flexibility index (Phi) is 5.96. The molecule has 0 radical (unpaired) electrons. The Labute approximate surface area is 283 Å². The first-order valence-electron chi connectivity index (χ1n) is 16.5. The Morgan fingerprint density at radius 3 is 1.22 bits per heavy atom. The molecule has 0 aliphatic carbocycles. The second kappa shape index (κ2) is 10.6. The Bertz CT molecular complexity index is 2480. The number of aromatic nitrogens is 5. The summed E-state index contributed by atoms with van der Waals surface area (Å²) in [6.07, 6.45) is 0. The second-order valence-electron chi connectivity index (χ2n) is 12.7. The van der Waals surface area contributed by atoms with Crippen LogP contribution >= 0.6 is 0 Å². The maximum Gasteiger partial charge on any atom is 0.411 e. The normalized spacial score (nSPS) is 13.0. The summed E-state index contributed by atoms with van der Waals surface area (Å²) in [5.74, 6) is 1.77. The standard InChI is InChI=1S/C41H30BN7/c1-46-37-25-13-14-26-38(37)47(2)42(46)32-20-8-3-19-31(32)39-43-40(48-33-21-9-4-15-27(33)28-16-5-10-22-34(28)48)45-41(44-39)49-35-23-11-6-17-29(35)30-18-7-12-24-36(30)49/h3-26H,1-2H3. The lowest BCUT2D eigenvalue weighted by molar-refractivity contribution is 0.893. The molecule has 49 heavy (non-hydrogen) atoms. The highest BCUT2D eigenvalue weighted by atomic mass is 15.3. The van der Waals surface area contributed by atoms with Crippen molar-refractivity contribution in [2.24, 2.45) is 0 Å². The first-order valence-corrected chi connectivity index (χ1v) is 16.5. The average Bonchev–Trinajstić information content (AvgIpc) is 3.76. The van der Waals surface area contributed by atoms with Crippen LogP contribution in [-0.4, -0.2) is 45.2 Å². The fourth-order valence-electron chi connectivity index (χ4n) is 7.88. The molecule has 9 aromatic rings. The third-order valence-electron chi connectivity index (χ3n) is 10.0. The molecule has 0 spiro atoms. The Morgan fingerprint density at radius 2 is 0.776 bits per heavy atom. The molecule has 0 saturated carbocycles. The minimum atomic E-state index is -0.0428. The van der Waals surface area contributed by atoms with Crippen LogP contribution < -0.4 is 15.1 Å². The number of benzene rings is 6. The molecule has 0 unspecified atom stereocenters. The number of hydrogen-bond acceptors (Lipinski definition) is 5. The van der Waals surface area contributed by atoms with E-state index in [1.54, 1.807) is 0 Å². The van der Waals surface area contributed by atoms with Crippen molar-refractivity contribution < 1.29 is 0 Å². The molecular weight excluding hydrogens is 601 g/mol. The van der Waals surface area contributed by atoms with Gasteiger partial charge in [-0.2, -0.15) is 15.0 Å². The highest BCUT2D eigenvalue weighted by Gasteiger charge is 2.39. The van der Waals surface area contributed by atoms with Gasteiger partial charge in [-0.25, -0.2) is 0 Å². The summed E-state index contributed by atoms with van der Waals surface area (Å²) < 4.78 is 4.36. The molecule has 0 atom stereocenters. The van der Waals surface area contributed by atoms with Crippen LogP contribution in [0.25, 0.3) is 66.9 Å². The molecule has 4 heterocycles. The zero-order chi connectivity index (χ0) is 32.6. The molecule has 0 saturated heterocycles. The van der Waals surface area contributed by atoms with E-state index in [4.69, 9.17) is 15.0 Å². The van der Waals surface area contributed by atoms with Gasteiger partial charge in [-0.1, -0.05) is 109 Å². The van der Waals surface area contributed by atoms with Gasteiger partial charge in [-0.15, -0.1) is 0 Å². The van der Waals surface area contributed by atoms with Gasteiger partial charge in [-0.05, 0) is 56.0 Å². The average molecular weight is 632 g/mol. The Morgan fingerprint density at radius 1 is 0.408 bits per heavy atom. The van der Waals surface area contributed by atoms with E-state index in [0.29, 0.717) is 17.7 Å². The van der Waals surface area contributed by atoms with Crippen molar-refractivity contribution in [1.82, 2.24) is 24.1 Å². The van der Waals surface area contributed by atoms with Crippen LogP contribution in [0.15, 0.2) is 146 Å². The number of hydrogen-bond donors (Lipinski definition) is 0. The van der Waals surface area contributed by atoms with E-state index in [-0.39, 0.29) is 6.98 Å². The number of nitrogens with zero attached hydrogens (tertiary/aromatic N) is 7. The molecular formula is C41H30BN7. The largest absolute Gasteiger partial charge is 0.411 e. The van der Waals surface area contributed by atoms with Gasteiger partial charge in [-0.3, -0.25) is 9.13 Å². The van der Waals surface area contributed by atoms with E-state index in [1.165, 1.54) is 11.4 Å². The van der Waals surface area contributed by atoms with Gasteiger partial charge in [0, 0.05) is 38.5 Å². The van der Waals surface area contributed by atoms with Gasteiger partial charge in [0.2, 0.25) is 11.9 Å². The maximum atomic E-state index is 5.34. The maximum absolute atomic E-state index is 5.34. The topological polar surface area (TPSA) is 55.0 Å². The Balaban J connectivity index is 1.28. The van der Waals surface area contributed by atoms with Crippen LogP contribution in [0.5, 0.6) is 0 Å². The van der Waals surface area contributed by atoms with Crippen molar-refractivity contribution >= 4 is 67.4 Å². The number of anilines is 2. The predicted molar refractivity (Wildman–Crippen MR) is 203 cm³/mol. The van der Waals surface area contributed by atoms with E-state index >= 15 is 0 Å². The summed E-state index contributed by atoms with van der Waals surface area (Å²) >= 11 is 0. The van der Waals surface area contributed by atoms with E-state index < -0.39 is 0 Å². The van der Waals surface area contributed by atoms with E-state index in [2.05, 4.69) is 178 Å². The fourth-order valence-corrected chi connectivity index (χ4v) is 7.88. The summed E-state index contributed by atoms with van der Waals surface area (Å²) in [5.41, 5.74) is 8.67. The third-order valence-corrected chi connectivity index (χ3v) is 10.0. The number of para-hydroxylation sites is 6. The molecule has 0 bridgehead atoms. The van der Waals surface area contributed by atoms with Crippen molar-refractivity contribution in [2.75, 3.05) is 23.7 Å². The lowest BCUT2D eigenvalue weighted by atomic mass is 9.64. The summed E-state index contributed by atoms with van der Waals surface area (Å²) in [6.45, 7) is -0.0428. The minimum Gasteiger partial charge on any atom is -0.393 e. The van der Waals surface area contributed by atoms with Crippen molar-refractivity contribution in [2.45, 2.75) is 0 Å². The SMILES string of the molecule is CN1B(c2ccccc2-c2nc(-n3c4ccccc4c4ccccc43)nc(-n3c4ccccc4c4ccccc43)n2)N(C)c2ccccc21. The molecule has 0 N–H and O–H groups in total. The number of rotatable bonds is 4. The molecule has 3 aromatic heterocycles. The molecule has 1 aliphatic heterocycles. The smallest absolute Gasteiger partial charge is 0.393 e. The molecule has 10 rings (SSSR count). The first kappa shape index (κ1) is 27.7. The van der Waals surface area contributed by atoms with Crippen molar-refractivity contribution in [1.29, 1.82) is 0 Å². The van der Waals surface area contributed by atoms with Gasteiger partial charge in [0.25, 0.3) is 0 Å². The first-order chi connectivity index (χ1) is 24.2. The van der Waals surface area contributed by atoms with Gasteiger partial charge < -0.3 is 9.62 Å². The van der Waals surface area contributed by atoms with Crippen molar-refractivity contribution in [3.8, 4) is 23.3 Å². The molecule has 232 valence electrons. The second-order valence-corrected chi connectivity index (χ2v) is 12.7. The zero-order valence-corrected chi connectivity index (χ0v) is 27.1. The van der Waals surface area contributed by atoms with E-state index in [1.807, 2.05) is 0 Å². The van der Waals surface area contributed by atoms with E-state index in [0.717, 1.165) is 54.6 Å². The quantitative estimate of drug-likeness (QED) is 0.184. The van der Waals surface area contributed by atoms with Crippen LogP contribution in [0.1, 0.15) is 0 Å². The van der Waals surface area contributed by atoms with Crippen LogP contribution in [0.3, 0.4) is 0 Å². The highest BCUT2D eigenvalue weighted by molar-refractivity contribution is 6.82. The monoisotopic (exact) mass is 631 g/mol. The van der Waals surface area contributed by atoms with Gasteiger partial charge in [0.1, 0.15) is 0 Å². The van der Waals surface area contributed by atoms with Crippen LogP contribution in [0, 0.1) is 0 Å². The molecule has 1 aliphatic rings. The summed E-state index contributed by atoms with van der Waals surface area (Å²) in [5, 5.41) is 4.63. The van der Waals surface area contributed by atoms with Gasteiger partial charge in [0.15, 0.2) is 5.82 Å². The molecule has 0 amide bonds. The lowest BCUT2D eigenvalue weighted by Crippen LogP contribution is -2.54. The van der Waals surface area contributed by atoms with Crippen LogP contribution in [-0.2, 0) is 0 Å². The van der Waals surface area contributed by atoms with Crippen molar-refractivity contribution in [3.63, 3.8) is 0 Å². The van der Waals surface area contributed by atoms with Crippen LogP contribution in [0.2, 0.25) is 0 Å². The Hall–Kier alpha value is -6.41. The fraction of sp³-hybridized carbons (Fsp3) is 0.0488. The van der Waals surface area contributed by atoms with Gasteiger partial charge in [0.05, 0.1) is 22.1 Å². The lowest BCUT2D eigenvalue weighted by Gasteiger charge is -2.25. The van der Waals surface area contributed by atoms with Crippen LogP contribution in [0.4, 0.5) is 11.4 Å². The van der Waals surface area contributed by atoms with Gasteiger partial charge >= 0.3 is 6.98 Å².